The molecule has 5 rings (SSSR count). The molecule has 1 N–H and O–H groups in total. The Labute approximate surface area is 244 Å². The van der Waals surface area contributed by atoms with Gasteiger partial charge in [-0.05, 0) is 72.5 Å². The summed E-state index contributed by atoms with van der Waals surface area (Å²) in [4.78, 5) is 38.1. The fourth-order valence-electron chi connectivity index (χ4n) is 4.91. The van der Waals surface area contributed by atoms with E-state index in [1.54, 1.807) is 41.6 Å². The number of aromatic amines is 1. The minimum atomic E-state index is -0.361. The maximum Gasteiger partial charge on any atom is 0.254 e. The number of fused-ring (bicyclic) bond motifs is 1. The monoisotopic (exact) mass is 564 g/mol. The number of halogens is 1. The zero-order chi connectivity index (χ0) is 29.3. The molecule has 8 heteroatoms. The predicted molar refractivity (Wildman–Crippen MR) is 160 cm³/mol. The van der Waals surface area contributed by atoms with Crippen molar-refractivity contribution in [2.75, 3.05) is 19.7 Å². The van der Waals surface area contributed by atoms with Crippen LogP contribution in [0.1, 0.15) is 34.0 Å². The molecular formula is C34H33FN4O3. The Balaban J connectivity index is 1.39. The molecule has 0 radical (unpaired) electrons. The average molecular weight is 565 g/mol. The Morgan fingerprint density at radius 2 is 1.52 bits per heavy atom. The lowest BCUT2D eigenvalue weighted by Gasteiger charge is -2.28. The van der Waals surface area contributed by atoms with Crippen molar-refractivity contribution in [3.8, 4) is 5.75 Å². The molecule has 7 nitrogen and oxygen atoms in total. The van der Waals surface area contributed by atoms with Crippen LogP contribution in [0.2, 0.25) is 0 Å². The zero-order valence-electron chi connectivity index (χ0n) is 23.5. The number of para-hydroxylation sites is 1. The van der Waals surface area contributed by atoms with Crippen LogP contribution in [-0.2, 0) is 24.3 Å². The van der Waals surface area contributed by atoms with Gasteiger partial charge in [0.1, 0.15) is 18.1 Å². The van der Waals surface area contributed by atoms with Gasteiger partial charge in [-0.3, -0.25) is 14.6 Å². The molecule has 0 unspecified atom stereocenters. The van der Waals surface area contributed by atoms with Gasteiger partial charge in [0.25, 0.3) is 5.91 Å². The van der Waals surface area contributed by atoms with E-state index in [0.717, 1.165) is 33.3 Å². The highest BCUT2D eigenvalue weighted by Gasteiger charge is 2.23. The highest BCUT2D eigenvalue weighted by Crippen LogP contribution is 2.20. The molecule has 0 atom stereocenters. The third-order valence-electron chi connectivity index (χ3n) is 7.11. The maximum atomic E-state index is 14.0. The summed E-state index contributed by atoms with van der Waals surface area (Å²) in [6, 6.07) is 25.0. The van der Waals surface area contributed by atoms with E-state index >= 15 is 0 Å². The second-order valence-corrected chi connectivity index (χ2v) is 10.0. The Bertz CT molecular complexity index is 1620. The van der Waals surface area contributed by atoms with Crippen molar-refractivity contribution in [1.82, 2.24) is 19.8 Å². The van der Waals surface area contributed by atoms with E-state index < -0.39 is 0 Å². The second kappa shape index (κ2) is 13.6. The highest BCUT2D eigenvalue weighted by atomic mass is 19.1. The van der Waals surface area contributed by atoms with Crippen molar-refractivity contribution >= 4 is 22.7 Å². The summed E-state index contributed by atoms with van der Waals surface area (Å²) in [7, 11) is 0. The molecule has 0 fully saturated rings. The molecule has 2 amide bonds. The third kappa shape index (κ3) is 7.20. The molecule has 0 bridgehead atoms. The molecule has 0 aliphatic carbocycles. The predicted octanol–water partition coefficient (Wildman–Crippen LogP) is 6.01. The number of carbonyl (C=O) groups is 2. The first-order valence-corrected chi connectivity index (χ1v) is 14.0. The molecule has 0 saturated heterocycles. The number of pyridine rings is 1. The van der Waals surface area contributed by atoms with E-state index in [0.29, 0.717) is 31.7 Å². The van der Waals surface area contributed by atoms with Crippen molar-refractivity contribution in [3.63, 3.8) is 0 Å². The number of nitrogens with zero attached hydrogens (tertiary/aromatic N) is 3. The van der Waals surface area contributed by atoms with Gasteiger partial charge < -0.3 is 19.5 Å². The number of rotatable bonds is 12. The average Bonchev–Trinajstić information content (AvgIpc) is 3.44. The lowest BCUT2D eigenvalue weighted by atomic mass is 10.1. The molecule has 3 aromatic carbocycles. The van der Waals surface area contributed by atoms with Crippen LogP contribution in [-0.4, -0.2) is 51.3 Å². The number of amides is 2. The molecule has 0 aliphatic heterocycles. The SMILES string of the molecule is CCOc1ccc(CN(CCc2c[nH]c3ccccc23)C(=O)CN(Cc2ccc(F)cc2)C(=O)c2ccncc2)cc1. The van der Waals surface area contributed by atoms with Gasteiger partial charge in [0.05, 0.1) is 6.61 Å². The van der Waals surface area contributed by atoms with Crippen molar-refractivity contribution < 1.29 is 18.7 Å². The number of carbonyl (C=O) groups excluding carboxylic acids is 2. The molecule has 5 aromatic rings. The first kappa shape index (κ1) is 28.5. The van der Waals surface area contributed by atoms with E-state index in [2.05, 4.69) is 16.0 Å². The van der Waals surface area contributed by atoms with Gasteiger partial charge in [0.15, 0.2) is 0 Å². The largest absolute Gasteiger partial charge is 0.494 e. The number of H-pyrrole nitrogens is 1. The van der Waals surface area contributed by atoms with Crippen LogP contribution in [0.5, 0.6) is 5.75 Å². The smallest absolute Gasteiger partial charge is 0.254 e. The fourth-order valence-corrected chi connectivity index (χ4v) is 4.91. The molecule has 0 spiro atoms. The van der Waals surface area contributed by atoms with Crippen LogP contribution < -0.4 is 4.74 Å². The molecular weight excluding hydrogens is 531 g/mol. The normalized spacial score (nSPS) is 10.9. The van der Waals surface area contributed by atoms with Crippen molar-refractivity contribution in [2.24, 2.45) is 0 Å². The summed E-state index contributed by atoms with van der Waals surface area (Å²) >= 11 is 0. The summed E-state index contributed by atoms with van der Waals surface area (Å²) in [5, 5.41) is 1.12. The minimum absolute atomic E-state index is 0.135. The first-order chi connectivity index (χ1) is 20.5. The molecule has 0 aliphatic rings. The van der Waals surface area contributed by atoms with Crippen LogP contribution in [0, 0.1) is 5.82 Å². The molecule has 214 valence electrons. The van der Waals surface area contributed by atoms with Crippen molar-refractivity contribution in [3.05, 3.63) is 132 Å². The summed E-state index contributed by atoms with van der Waals surface area (Å²) in [5.74, 6) is -0.0760. The standard InChI is InChI=1S/C34H33FN4O3/c1-2-42-30-13-9-26(10-14-30)22-38(20-17-28-21-37-32-6-4-3-5-31(28)32)33(40)24-39(23-25-7-11-29(35)12-8-25)34(41)27-15-18-36-19-16-27/h3-16,18-19,21,37H,2,17,20,22-24H2,1H3. The van der Waals surface area contributed by atoms with Gasteiger partial charge in [-0.2, -0.15) is 0 Å². The number of hydrogen-bond acceptors (Lipinski definition) is 4. The van der Waals surface area contributed by atoms with E-state index in [1.807, 2.05) is 55.6 Å². The summed E-state index contributed by atoms with van der Waals surface area (Å²) in [6.07, 6.45) is 5.72. The van der Waals surface area contributed by atoms with Gasteiger partial charge in [-0.15, -0.1) is 0 Å². The van der Waals surface area contributed by atoms with E-state index in [-0.39, 0.29) is 30.7 Å². The van der Waals surface area contributed by atoms with Gasteiger partial charge in [-0.1, -0.05) is 42.5 Å². The molecule has 2 aromatic heterocycles. The van der Waals surface area contributed by atoms with Crippen LogP contribution in [0.15, 0.2) is 104 Å². The Morgan fingerprint density at radius 1 is 0.857 bits per heavy atom. The highest BCUT2D eigenvalue weighted by molar-refractivity contribution is 5.96. The Kier molecular flexibility index (Phi) is 9.23. The third-order valence-corrected chi connectivity index (χ3v) is 7.11. The van der Waals surface area contributed by atoms with Gasteiger partial charge >= 0.3 is 0 Å². The number of ether oxygens (including phenoxy) is 1. The van der Waals surface area contributed by atoms with Crippen molar-refractivity contribution in [2.45, 2.75) is 26.4 Å². The molecule has 2 heterocycles. The van der Waals surface area contributed by atoms with E-state index in [9.17, 15) is 14.0 Å². The van der Waals surface area contributed by atoms with Gasteiger partial charge in [-0.25, -0.2) is 4.39 Å². The van der Waals surface area contributed by atoms with E-state index in [1.165, 1.54) is 17.0 Å². The minimum Gasteiger partial charge on any atom is -0.494 e. The lowest BCUT2D eigenvalue weighted by Crippen LogP contribution is -2.43. The van der Waals surface area contributed by atoms with E-state index in [4.69, 9.17) is 4.74 Å². The van der Waals surface area contributed by atoms with Crippen LogP contribution in [0.25, 0.3) is 10.9 Å². The Morgan fingerprint density at radius 3 is 2.24 bits per heavy atom. The lowest BCUT2D eigenvalue weighted by molar-refractivity contribution is -0.132. The van der Waals surface area contributed by atoms with Gasteiger partial charge in [0.2, 0.25) is 5.91 Å². The van der Waals surface area contributed by atoms with Crippen LogP contribution in [0.4, 0.5) is 4.39 Å². The molecule has 0 saturated carbocycles. The number of benzene rings is 3. The summed E-state index contributed by atoms with van der Waals surface area (Å²) < 4.78 is 19.2. The van der Waals surface area contributed by atoms with Crippen LogP contribution in [0.3, 0.4) is 0 Å². The topological polar surface area (TPSA) is 78.5 Å². The second-order valence-electron chi connectivity index (χ2n) is 10.0. The maximum absolute atomic E-state index is 14.0. The zero-order valence-corrected chi connectivity index (χ0v) is 23.5. The number of aromatic nitrogens is 2. The summed E-state index contributed by atoms with van der Waals surface area (Å²) in [6.45, 7) is 3.37. The van der Waals surface area contributed by atoms with Gasteiger partial charge in [0, 0.05) is 54.7 Å². The quantitative estimate of drug-likeness (QED) is 0.201. The number of hydrogen-bond donors (Lipinski definition) is 1. The number of nitrogens with one attached hydrogen (secondary N) is 1. The Hall–Kier alpha value is -4.98. The first-order valence-electron chi connectivity index (χ1n) is 14.0. The van der Waals surface area contributed by atoms with Crippen LogP contribution >= 0.6 is 0 Å². The van der Waals surface area contributed by atoms with Crippen molar-refractivity contribution in [1.29, 1.82) is 0 Å². The summed E-state index contributed by atoms with van der Waals surface area (Å²) in [5.41, 5.74) is 4.27. The molecule has 42 heavy (non-hydrogen) atoms. The fraction of sp³-hybridized carbons (Fsp3) is 0.206.